The molecule has 3 amide bonds. The first kappa shape index (κ1) is 24.0. The van der Waals surface area contributed by atoms with Crippen molar-refractivity contribution in [3.05, 3.63) is 65.7 Å². The summed E-state index contributed by atoms with van der Waals surface area (Å²) >= 11 is 0. The second kappa shape index (κ2) is 11.3. The number of carbonyl (C=O) groups is 4. The molecule has 2 aromatic carbocycles. The quantitative estimate of drug-likeness (QED) is 0.541. The summed E-state index contributed by atoms with van der Waals surface area (Å²) < 4.78 is 0. The molecule has 1 heterocycles. The third-order valence-electron chi connectivity index (χ3n) is 5.55. The van der Waals surface area contributed by atoms with Crippen LogP contribution in [0.15, 0.2) is 54.6 Å². The molecule has 33 heavy (non-hydrogen) atoms. The van der Waals surface area contributed by atoms with E-state index in [1.165, 1.54) is 0 Å². The van der Waals surface area contributed by atoms with E-state index in [4.69, 9.17) is 5.11 Å². The van der Waals surface area contributed by atoms with E-state index in [-0.39, 0.29) is 37.0 Å². The Labute approximate surface area is 193 Å². The van der Waals surface area contributed by atoms with Gasteiger partial charge in [-0.1, -0.05) is 42.5 Å². The number of rotatable bonds is 9. The van der Waals surface area contributed by atoms with Gasteiger partial charge in [-0.15, -0.1) is 0 Å². The minimum atomic E-state index is -0.983. The van der Waals surface area contributed by atoms with Gasteiger partial charge in [-0.3, -0.25) is 19.2 Å². The van der Waals surface area contributed by atoms with Gasteiger partial charge >= 0.3 is 5.97 Å². The third kappa shape index (κ3) is 7.17. The number of anilines is 1. The molecule has 0 aromatic heterocycles. The van der Waals surface area contributed by atoms with Crippen molar-refractivity contribution in [1.82, 2.24) is 10.2 Å². The fourth-order valence-electron chi connectivity index (χ4n) is 3.95. The maximum Gasteiger partial charge on any atom is 0.305 e. The van der Waals surface area contributed by atoms with Crippen LogP contribution in [0.1, 0.15) is 37.3 Å². The number of amides is 3. The molecule has 8 heteroatoms. The minimum Gasteiger partial charge on any atom is -0.481 e. The van der Waals surface area contributed by atoms with Crippen LogP contribution in [-0.4, -0.2) is 52.3 Å². The Morgan fingerprint density at radius 3 is 2.27 bits per heavy atom. The SMILES string of the molecule is C[C@H](CC(=O)O)NC(=O)[C@H]1CCCN1C(=O)Cc1ccc(CC(=O)Nc2ccccc2)cc1. The highest BCUT2D eigenvalue weighted by Crippen LogP contribution is 2.20. The second-order valence-corrected chi connectivity index (χ2v) is 8.34. The Balaban J connectivity index is 1.52. The first-order valence-electron chi connectivity index (χ1n) is 11.1. The smallest absolute Gasteiger partial charge is 0.305 e. The van der Waals surface area contributed by atoms with E-state index in [2.05, 4.69) is 10.6 Å². The zero-order valence-electron chi connectivity index (χ0n) is 18.6. The molecule has 174 valence electrons. The lowest BCUT2D eigenvalue weighted by atomic mass is 10.1. The molecule has 1 fully saturated rings. The van der Waals surface area contributed by atoms with E-state index in [1.807, 2.05) is 54.6 Å². The van der Waals surface area contributed by atoms with E-state index < -0.39 is 18.1 Å². The molecule has 1 aliphatic heterocycles. The summed E-state index contributed by atoms with van der Waals surface area (Å²) in [6.07, 6.45) is 1.51. The van der Waals surface area contributed by atoms with Crippen molar-refractivity contribution in [3.63, 3.8) is 0 Å². The van der Waals surface area contributed by atoms with Crippen molar-refractivity contribution in [2.45, 2.75) is 51.1 Å². The molecule has 0 spiro atoms. The van der Waals surface area contributed by atoms with Gasteiger partial charge < -0.3 is 20.6 Å². The van der Waals surface area contributed by atoms with Crippen LogP contribution in [-0.2, 0) is 32.0 Å². The Morgan fingerprint density at radius 1 is 1.00 bits per heavy atom. The summed E-state index contributed by atoms with van der Waals surface area (Å²) in [5.41, 5.74) is 2.38. The molecular weight excluding hydrogens is 422 g/mol. The Hall–Kier alpha value is -3.68. The van der Waals surface area contributed by atoms with Gasteiger partial charge in [0.05, 0.1) is 19.3 Å². The molecule has 1 aliphatic rings. The van der Waals surface area contributed by atoms with E-state index in [0.29, 0.717) is 13.0 Å². The molecule has 0 aliphatic carbocycles. The normalized spacial score (nSPS) is 16.2. The number of hydrogen-bond acceptors (Lipinski definition) is 4. The van der Waals surface area contributed by atoms with Gasteiger partial charge in [0.2, 0.25) is 17.7 Å². The van der Waals surface area contributed by atoms with Crippen molar-refractivity contribution in [1.29, 1.82) is 0 Å². The van der Waals surface area contributed by atoms with Crippen molar-refractivity contribution < 1.29 is 24.3 Å². The molecule has 0 radical (unpaired) electrons. The molecule has 3 N–H and O–H groups in total. The molecule has 2 atom stereocenters. The summed E-state index contributed by atoms with van der Waals surface area (Å²) in [4.78, 5) is 50.0. The zero-order valence-corrected chi connectivity index (χ0v) is 18.6. The maximum atomic E-state index is 12.8. The van der Waals surface area contributed by atoms with E-state index in [0.717, 1.165) is 23.2 Å². The Bertz CT molecular complexity index is 991. The fourth-order valence-corrected chi connectivity index (χ4v) is 3.95. The van der Waals surface area contributed by atoms with Gasteiger partial charge in [-0.2, -0.15) is 0 Å². The largest absolute Gasteiger partial charge is 0.481 e. The first-order chi connectivity index (χ1) is 15.8. The monoisotopic (exact) mass is 451 g/mol. The Morgan fingerprint density at radius 2 is 1.64 bits per heavy atom. The number of nitrogens with one attached hydrogen (secondary N) is 2. The summed E-state index contributed by atoms with van der Waals surface area (Å²) in [5.74, 6) is -1.56. The van der Waals surface area contributed by atoms with E-state index in [9.17, 15) is 19.2 Å². The van der Waals surface area contributed by atoms with Crippen LogP contribution < -0.4 is 10.6 Å². The third-order valence-corrected chi connectivity index (χ3v) is 5.55. The first-order valence-corrected chi connectivity index (χ1v) is 11.1. The van der Waals surface area contributed by atoms with Crippen LogP contribution in [0.3, 0.4) is 0 Å². The molecule has 0 saturated carbocycles. The van der Waals surface area contributed by atoms with Gasteiger partial charge in [-0.25, -0.2) is 0 Å². The predicted octanol–water partition coefficient (Wildman–Crippen LogP) is 2.38. The highest BCUT2D eigenvalue weighted by atomic mass is 16.4. The number of aliphatic carboxylic acids is 1. The average molecular weight is 452 g/mol. The summed E-state index contributed by atoms with van der Waals surface area (Å²) in [7, 11) is 0. The minimum absolute atomic E-state index is 0.118. The van der Waals surface area contributed by atoms with Crippen LogP contribution in [0, 0.1) is 0 Å². The van der Waals surface area contributed by atoms with Gasteiger partial charge in [-0.05, 0) is 43.0 Å². The number of benzene rings is 2. The number of carboxylic acid groups (broad SMARTS) is 1. The van der Waals surface area contributed by atoms with E-state index in [1.54, 1.807) is 11.8 Å². The lowest BCUT2D eigenvalue weighted by Gasteiger charge is -2.25. The molecule has 2 aromatic rings. The highest BCUT2D eigenvalue weighted by molar-refractivity contribution is 5.92. The van der Waals surface area contributed by atoms with Crippen molar-refractivity contribution in [2.75, 3.05) is 11.9 Å². The van der Waals surface area contributed by atoms with E-state index >= 15 is 0 Å². The Kier molecular flexibility index (Phi) is 8.18. The second-order valence-electron chi connectivity index (χ2n) is 8.34. The average Bonchev–Trinajstić information content (AvgIpc) is 3.25. The zero-order chi connectivity index (χ0) is 23.8. The molecule has 0 unspecified atom stereocenters. The number of para-hydroxylation sites is 1. The molecule has 8 nitrogen and oxygen atoms in total. The standard InChI is InChI=1S/C25H29N3O5/c1-17(14-24(31)32)26-25(33)21-8-5-13-28(21)23(30)16-19-11-9-18(10-12-19)15-22(29)27-20-6-3-2-4-7-20/h2-4,6-7,9-12,17,21H,5,8,13-16H2,1H3,(H,26,33)(H,27,29)(H,31,32)/t17-,21-/m1/s1. The molecule has 1 saturated heterocycles. The van der Waals surface area contributed by atoms with Crippen LogP contribution in [0.2, 0.25) is 0 Å². The summed E-state index contributed by atoms with van der Waals surface area (Å²) in [5, 5.41) is 14.4. The van der Waals surface area contributed by atoms with Crippen molar-refractivity contribution in [3.8, 4) is 0 Å². The van der Waals surface area contributed by atoms with Crippen molar-refractivity contribution >= 4 is 29.4 Å². The number of likely N-dealkylation sites (tertiary alicyclic amines) is 1. The topological polar surface area (TPSA) is 116 Å². The number of nitrogens with zero attached hydrogens (tertiary/aromatic N) is 1. The van der Waals surface area contributed by atoms with Crippen LogP contribution >= 0.6 is 0 Å². The number of hydrogen-bond donors (Lipinski definition) is 3. The fraction of sp³-hybridized carbons (Fsp3) is 0.360. The highest BCUT2D eigenvalue weighted by Gasteiger charge is 2.34. The lowest BCUT2D eigenvalue weighted by Crippen LogP contribution is -2.49. The van der Waals surface area contributed by atoms with Gasteiger partial charge in [0.1, 0.15) is 6.04 Å². The lowest BCUT2D eigenvalue weighted by molar-refractivity contribution is -0.140. The van der Waals surface area contributed by atoms with Crippen LogP contribution in [0.5, 0.6) is 0 Å². The molecule has 0 bridgehead atoms. The van der Waals surface area contributed by atoms with Gasteiger partial charge in [0, 0.05) is 18.3 Å². The van der Waals surface area contributed by atoms with Gasteiger partial charge in [0.15, 0.2) is 0 Å². The van der Waals surface area contributed by atoms with Crippen molar-refractivity contribution in [2.24, 2.45) is 0 Å². The number of carboxylic acids is 1. The summed E-state index contributed by atoms with van der Waals surface area (Å²) in [6.45, 7) is 2.14. The maximum absolute atomic E-state index is 12.8. The van der Waals surface area contributed by atoms with Gasteiger partial charge in [0.25, 0.3) is 0 Å². The van der Waals surface area contributed by atoms with Crippen LogP contribution in [0.25, 0.3) is 0 Å². The predicted molar refractivity (Wildman–Crippen MR) is 124 cm³/mol. The van der Waals surface area contributed by atoms with Crippen LogP contribution in [0.4, 0.5) is 5.69 Å². The molecule has 3 rings (SSSR count). The summed E-state index contributed by atoms with van der Waals surface area (Å²) in [6, 6.07) is 15.5. The number of carbonyl (C=O) groups excluding carboxylic acids is 3. The molecular formula is C25H29N3O5.